The predicted molar refractivity (Wildman–Crippen MR) is 59.8 cm³/mol. The van der Waals surface area contributed by atoms with Crippen LogP contribution in [0.1, 0.15) is 32.6 Å². The van der Waals surface area contributed by atoms with E-state index in [-0.39, 0.29) is 17.0 Å². The molecule has 0 aliphatic rings. The maximum absolute atomic E-state index is 3.46. The lowest BCUT2D eigenvalue weighted by Gasteiger charge is -2.29. The Balaban J connectivity index is 0. The second-order valence-electron chi connectivity index (χ2n) is 4.13. The Hall–Kier alpha value is 0.920. The molecule has 0 aromatic carbocycles. The molecule has 0 saturated heterocycles. The molecule has 1 nitrogen and oxygen atoms in total. The summed E-state index contributed by atoms with van der Waals surface area (Å²) in [6.07, 6.45) is 5.34. The minimum absolute atomic E-state index is 0. The number of hydrogen-bond donors (Lipinski definition) is 0. The maximum atomic E-state index is 3.46. The van der Waals surface area contributed by atoms with Crippen molar-refractivity contribution in [2.75, 3.05) is 32.5 Å². The molecule has 0 unspecified atom stereocenters. The summed E-state index contributed by atoms with van der Waals surface area (Å²) in [4.78, 5) is 0. The zero-order valence-corrected chi connectivity index (χ0v) is 12.3. The third kappa shape index (κ3) is 10.8. The molecule has 82 valence electrons. The Labute approximate surface area is 102 Å². The van der Waals surface area contributed by atoms with Crippen molar-refractivity contribution < 1.29 is 21.5 Å². The summed E-state index contributed by atoms with van der Waals surface area (Å²) in [6, 6.07) is 0. The van der Waals surface area contributed by atoms with E-state index < -0.39 is 0 Å². The highest BCUT2D eigenvalue weighted by molar-refractivity contribution is 9.09. The number of alkyl halides is 1. The van der Waals surface area contributed by atoms with Gasteiger partial charge in [0.15, 0.2) is 0 Å². The first kappa shape index (κ1) is 16.4. The summed E-state index contributed by atoms with van der Waals surface area (Å²) in [5.41, 5.74) is 0. The molecule has 3 heteroatoms. The number of nitrogens with zero attached hydrogens (tertiary/aromatic N) is 1. The fourth-order valence-corrected chi connectivity index (χ4v) is 1.73. The van der Waals surface area contributed by atoms with Crippen LogP contribution in [0, 0.1) is 0 Å². The van der Waals surface area contributed by atoms with Crippen LogP contribution in [-0.4, -0.2) is 37.0 Å². The third-order valence-electron chi connectivity index (χ3n) is 2.26. The molecule has 0 spiro atoms. The van der Waals surface area contributed by atoms with Gasteiger partial charge in [-0.15, -0.1) is 0 Å². The fourth-order valence-electron chi connectivity index (χ4n) is 1.33. The van der Waals surface area contributed by atoms with Gasteiger partial charge in [0.05, 0.1) is 27.2 Å². The molecule has 0 aromatic rings. The molecule has 0 bridgehead atoms. The molecule has 0 atom stereocenters. The molecule has 0 heterocycles. The van der Waals surface area contributed by atoms with Gasteiger partial charge in [0.2, 0.25) is 0 Å². The molecule has 0 fully saturated rings. The minimum Gasteiger partial charge on any atom is -1.00 e. The van der Waals surface area contributed by atoms with Gasteiger partial charge in [-0.05, 0) is 19.3 Å². The highest BCUT2D eigenvalue weighted by atomic mass is 79.9. The highest BCUT2D eigenvalue weighted by Gasteiger charge is 2.12. The van der Waals surface area contributed by atoms with Crippen molar-refractivity contribution in [2.45, 2.75) is 32.6 Å². The van der Waals surface area contributed by atoms with E-state index in [1.807, 2.05) is 0 Å². The smallest absolute Gasteiger partial charge is 0.0782 e. The normalized spacial score (nSPS) is 11.1. The molecule has 0 N–H and O–H groups in total. The van der Waals surface area contributed by atoms with Crippen molar-refractivity contribution in [3.05, 3.63) is 0 Å². The quantitative estimate of drug-likeness (QED) is 0.353. The van der Waals surface area contributed by atoms with E-state index in [4.69, 9.17) is 0 Å². The summed E-state index contributed by atoms with van der Waals surface area (Å²) < 4.78 is 1.20. The van der Waals surface area contributed by atoms with Crippen molar-refractivity contribution in [3.63, 3.8) is 0 Å². The zero-order valence-electron chi connectivity index (χ0n) is 9.15. The van der Waals surface area contributed by atoms with E-state index in [1.165, 1.54) is 43.3 Å². The van der Waals surface area contributed by atoms with E-state index in [2.05, 4.69) is 36.9 Å². The average molecular weight is 317 g/mol. The molecule has 0 rings (SSSR count). The third-order valence-corrected chi connectivity index (χ3v) is 2.82. The van der Waals surface area contributed by atoms with Crippen LogP contribution >= 0.6 is 15.9 Å². The minimum atomic E-state index is 0. The van der Waals surface area contributed by atoms with E-state index >= 15 is 0 Å². The van der Waals surface area contributed by atoms with E-state index in [1.54, 1.807) is 0 Å². The first-order chi connectivity index (χ1) is 5.62. The van der Waals surface area contributed by atoms with Crippen LogP contribution in [-0.2, 0) is 0 Å². The van der Waals surface area contributed by atoms with Gasteiger partial charge in [0, 0.05) is 5.33 Å². The van der Waals surface area contributed by atoms with Crippen LogP contribution in [0.3, 0.4) is 0 Å². The van der Waals surface area contributed by atoms with Gasteiger partial charge in [-0.1, -0.05) is 29.3 Å². The van der Waals surface area contributed by atoms with Crippen LogP contribution in [0.4, 0.5) is 0 Å². The Kier molecular flexibility index (Phi) is 11.9. The van der Waals surface area contributed by atoms with Gasteiger partial charge in [0.1, 0.15) is 0 Å². The zero-order chi connectivity index (χ0) is 9.45. The molecule has 0 amide bonds. The molecular formula is C10H23Br2N. The number of halogens is 2. The molecule has 0 aromatic heterocycles. The monoisotopic (exact) mass is 315 g/mol. The predicted octanol–water partition coefficient (Wildman–Crippen LogP) is 0.0420. The second-order valence-corrected chi connectivity index (χ2v) is 4.93. The summed E-state index contributed by atoms with van der Waals surface area (Å²) in [6.45, 7) is 4.92. The first-order valence-corrected chi connectivity index (χ1v) is 6.12. The standard InChI is InChI=1S/C10H23BrN.BrH/c1-4-5-9-12(2,3)10-7-6-8-11;/h4-10H2,1-3H3;1H/q+1;/p-1. The van der Waals surface area contributed by atoms with Crippen LogP contribution in [0.15, 0.2) is 0 Å². The SMILES string of the molecule is CCCC[N+](C)(C)CCCCBr.[Br-]. The number of quaternary nitrogens is 1. The van der Waals surface area contributed by atoms with Crippen molar-refractivity contribution in [2.24, 2.45) is 0 Å². The van der Waals surface area contributed by atoms with E-state index in [0.29, 0.717) is 0 Å². The Morgan fingerprint density at radius 1 is 1.00 bits per heavy atom. The van der Waals surface area contributed by atoms with Gasteiger partial charge >= 0.3 is 0 Å². The van der Waals surface area contributed by atoms with Gasteiger partial charge in [-0.2, -0.15) is 0 Å². The van der Waals surface area contributed by atoms with Crippen LogP contribution in [0.25, 0.3) is 0 Å². The second kappa shape index (κ2) is 9.47. The Morgan fingerprint density at radius 3 is 2.00 bits per heavy atom. The van der Waals surface area contributed by atoms with E-state index in [0.717, 1.165) is 5.33 Å². The highest BCUT2D eigenvalue weighted by Crippen LogP contribution is 2.05. The lowest BCUT2D eigenvalue weighted by molar-refractivity contribution is -0.890. The summed E-state index contributed by atoms with van der Waals surface area (Å²) in [5.74, 6) is 0. The number of rotatable bonds is 7. The van der Waals surface area contributed by atoms with Gasteiger partial charge in [-0.3, -0.25) is 0 Å². The van der Waals surface area contributed by atoms with E-state index in [9.17, 15) is 0 Å². The van der Waals surface area contributed by atoms with Crippen LogP contribution in [0.2, 0.25) is 0 Å². The van der Waals surface area contributed by atoms with Crippen molar-refractivity contribution >= 4 is 15.9 Å². The first-order valence-electron chi connectivity index (χ1n) is 5.00. The topological polar surface area (TPSA) is 0 Å². The summed E-state index contributed by atoms with van der Waals surface area (Å²) in [7, 11) is 4.67. The molecular weight excluding hydrogens is 294 g/mol. The largest absolute Gasteiger partial charge is 1.00 e. The number of unbranched alkanes of at least 4 members (excludes halogenated alkanes) is 2. The fraction of sp³-hybridized carbons (Fsp3) is 1.00. The van der Waals surface area contributed by atoms with Crippen molar-refractivity contribution in [1.29, 1.82) is 0 Å². The van der Waals surface area contributed by atoms with Gasteiger partial charge < -0.3 is 21.5 Å². The summed E-state index contributed by atoms with van der Waals surface area (Å²) >= 11 is 3.46. The molecule has 13 heavy (non-hydrogen) atoms. The van der Waals surface area contributed by atoms with Crippen LogP contribution < -0.4 is 17.0 Å². The maximum Gasteiger partial charge on any atom is 0.0782 e. The average Bonchev–Trinajstić information content (AvgIpc) is 2.01. The molecule has 0 saturated carbocycles. The van der Waals surface area contributed by atoms with Gasteiger partial charge in [0.25, 0.3) is 0 Å². The number of hydrogen-bond acceptors (Lipinski definition) is 0. The van der Waals surface area contributed by atoms with Crippen molar-refractivity contribution in [1.82, 2.24) is 0 Å². The molecule has 0 aliphatic heterocycles. The lowest BCUT2D eigenvalue weighted by Crippen LogP contribution is -3.00. The van der Waals surface area contributed by atoms with Crippen molar-refractivity contribution in [3.8, 4) is 0 Å². The Bertz CT molecular complexity index is 105. The molecule has 0 aliphatic carbocycles. The Morgan fingerprint density at radius 2 is 1.54 bits per heavy atom. The van der Waals surface area contributed by atoms with Gasteiger partial charge in [-0.25, -0.2) is 0 Å². The van der Waals surface area contributed by atoms with Crippen LogP contribution in [0.5, 0.6) is 0 Å². The molecule has 0 radical (unpaired) electrons. The lowest BCUT2D eigenvalue weighted by atomic mass is 10.2. The summed E-state index contributed by atoms with van der Waals surface area (Å²) in [5, 5.41) is 1.15.